The third kappa shape index (κ3) is 4.86. The number of aryl methyl sites for hydroxylation is 2. The van der Waals surface area contributed by atoms with E-state index >= 15 is 0 Å². The van der Waals surface area contributed by atoms with Gasteiger partial charge in [-0.05, 0) is 79.6 Å². The molecule has 7 nitrogen and oxygen atoms in total. The molecule has 0 atom stereocenters. The van der Waals surface area contributed by atoms with Gasteiger partial charge in [-0.1, -0.05) is 18.2 Å². The molecule has 31 heavy (non-hydrogen) atoms. The normalized spacial score (nSPS) is 16.9. The Bertz CT molecular complexity index is 1120. The molecule has 2 aromatic carbocycles. The van der Waals surface area contributed by atoms with Crippen molar-refractivity contribution in [2.75, 3.05) is 13.2 Å². The lowest BCUT2D eigenvalue weighted by atomic mass is 10.1. The van der Waals surface area contributed by atoms with Gasteiger partial charge >= 0.3 is 0 Å². The van der Waals surface area contributed by atoms with E-state index < -0.39 is 5.91 Å². The van der Waals surface area contributed by atoms with Crippen LogP contribution in [0.2, 0.25) is 0 Å². The molecular weight excluding hydrogens is 412 g/mol. The van der Waals surface area contributed by atoms with Crippen molar-refractivity contribution >= 4 is 39.8 Å². The highest BCUT2D eigenvalue weighted by atomic mass is 32.2. The van der Waals surface area contributed by atoms with Crippen molar-refractivity contribution in [3.8, 4) is 11.5 Å². The Morgan fingerprint density at radius 1 is 1.00 bits per heavy atom. The van der Waals surface area contributed by atoms with Crippen LogP contribution in [0, 0.1) is 19.3 Å². The molecule has 0 aliphatic carbocycles. The summed E-state index contributed by atoms with van der Waals surface area (Å²) in [6.07, 6.45) is 1.64. The van der Waals surface area contributed by atoms with Gasteiger partial charge in [0.15, 0.2) is 5.84 Å². The highest BCUT2D eigenvalue weighted by Gasteiger charge is 2.34. The van der Waals surface area contributed by atoms with Gasteiger partial charge in [0.05, 0.1) is 10.6 Å². The van der Waals surface area contributed by atoms with Crippen molar-refractivity contribution in [1.29, 1.82) is 5.41 Å². The number of carbonyl (C=O) groups excluding carboxylic acids is 1. The van der Waals surface area contributed by atoms with Gasteiger partial charge < -0.3 is 9.47 Å². The van der Waals surface area contributed by atoms with Crippen molar-refractivity contribution in [3.63, 3.8) is 0 Å². The van der Waals surface area contributed by atoms with Gasteiger partial charge in [-0.15, -0.1) is 0 Å². The predicted octanol–water partition coefficient (Wildman–Crippen LogP) is 4.40. The summed E-state index contributed by atoms with van der Waals surface area (Å²) in [4.78, 5) is 16.4. The van der Waals surface area contributed by atoms with Gasteiger partial charge in [-0.3, -0.25) is 10.2 Å². The van der Waals surface area contributed by atoms with Gasteiger partial charge in [0, 0.05) is 0 Å². The molecule has 0 saturated heterocycles. The first-order chi connectivity index (χ1) is 14.9. The molecule has 0 fully saturated rings. The number of rotatable bonds is 6. The molecule has 2 aromatic rings. The smallest absolute Gasteiger partial charge is 0.283 e. The van der Waals surface area contributed by atoms with E-state index in [4.69, 9.17) is 14.9 Å². The van der Waals surface area contributed by atoms with E-state index in [9.17, 15) is 4.79 Å². The average molecular weight is 435 g/mol. The van der Waals surface area contributed by atoms with Crippen LogP contribution in [-0.2, 0) is 4.79 Å². The number of carbonyl (C=O) groups is 1. The summed E-state index contributed by atoms with van der Waals surface area (Å²) in [5.74, 6) is 1.14. The average Bonchev–Trinajstić information content (AvgIpc) is 3.09. The van der Waals surface area contributed by atoms with Crippen LogP contribution in [0.4, 0.5) is 0 Å². The molecule has 158 valence electrons. The van der Waals surface area contributed by atoms with E-state index in [0.29, 0.717) is 24.1 Å². The molecule has 0 spiro atoms. The van der Waals surface area contributed by atoms with Crippen LogP contribution in [0.1, 0.15) is 23.6 Å². The number of ether oxygens (including phenoxy) is 2. The Morgan fingerprint density at radius 2 is 1.65 bits per heavy atom. The van der Waals surface area contributed by atoms with Gasteiger partial charge in [0.25, 0.3) is 5.91 Å². The molecule has 2 heterocycles. The molecule has 4 rings (SSSR count). The Morgan fingerprint density at radius 3 is 2.32 bits per heavy atom. The highest BCUT2D eigenvalue weighted by molar-refractivity contribution is 8.26. The molecule has 2 aliphatic heterocycles. The standard InChI is InChI=1S/C23H22N4O3S/c1-14-10-15(2)12-19(11-14)30-9-8-29-18-6-4-17(5-7-18)13-20-21(24)27-23(25-22(20)28)31-16(3)26-27/h4-7,10-13,24H,8-9H2,1-3H3. The highest BCUT2D eigenvalue weighted by Crippen LogP contribution is 2.28. The number of amides is 1. The first-order valence-corrected chi connectivity index (χ1v) is 10.6. The largest absolute Gasteiger partial charge is 0.490 e. The van der Waals surface area contributed by atoms with E-state index in [1.165, 1.54) is 16.8 Å². The zero-order valence-corrected chi connectivity index (χ0v) is 18.3. The summed E-state index contributed by atoms with van der Waals surface area (Å²) in [5, 5.41) is 15.1. The quantitative estimate of drug-likeness (QED) is 0.538. The minimum atomic E-state index is -0.433. The summed E-state index contributed by atoms with van der Waals surface area (Å²) in [6.45, 7) is 6.75. The van der Waals surface area contributed by atoms with Crippen LogP contribution in [0.3, 0.4) is 0 Å². The second kappa shape index (κ2) is 8.77. The number of nitrogens with zero attached hydrogens (tertiary/aromatic N) is 3. The topological polar surface area (TPSA) is 87.3 Å². The molecule has 1 N–H and O–H groups in total. The zero-order chi connectivity index (χ0) is 22.0. The molecule has 0 unspecified atom stereocenters. The Labute approximate surface area is 185 Å². The SMILES string of the molecule is CC1=NN2C(=N)C(=Cc3ccc(OCCOc4cc(C)cc(C)c4)cc3)C(=O)N=C2S1. The molecule has 2 aliphatic rings. The van der Waals surface area contributed by atoms with Gasteiger partial charge in [0.2, 0.25) is 5.17 Å². The number of hydrazone groups is 1. The number of hydrogen-bond donors (Lipinski definition) is 1. The van der Waals surface area contributed by atoms with Gasteiger partial charge in [-0.2, -0.15) is 15.1 Å². The minimum absolute atomic E-state index is 0.0308. The lowest BCUT2D eigenvalue weighted by Gasteiger charge is -2.20. The van der Waals surface area contributed by atoms with Crippen LogP contribution in [0.15, 0.2) is 58.1 Å². The molecule has 8 heteroatoms. The number of fused-ring (bicyclic) bond motifs is 1. The minimum Gasteiger partial charge on any atom is -0.490 e. The second-order valence-electron chi connectivity index (χ2n) is 7.23. The van der Waals surface area contributed by atoms with Gasteiger partial charge in [0.1, 0.15) is 24.7 Å². The summed E-state index contributed by atoms with van der Waals surface area (Å²) in [7, 11) is 0. The third-order valence-corrected chi connectivity index (χ3v) is 5.39. The van der Waals surface area contributed by atoms with E-state index in [0.717, 1.165) is 27.5 Å². The molecule has 0 bridgehead atoms. The fourth-order valence-corrected chi connectivity index (χ4v) is 3.98. The van der Waals surface area contributed by atoms with Crippen LogP contribution in [0.5, 0.6) is 11.5 Å². The lowest BCUT2D eigenvalue weighted by molar-refractivity contribution is -0.114. The first-order valence-electron chi connectivity index (χ1n) is 9.80. The van der Waals surface area contributed by atoms with Crippen molar-refractivity contribution in [1.82, 2.24) is 5.01 Å². The number of thioether (sulfide) groups is 1. The van der Waals surface area contributed by atoms with Crippen molar-refractivity contribution in [3.05, 3.63) is 64.7 Å². The maximum absolute atomic E-state index is 12.3. The summed E-state index contributed by atoms with van der Waals surface area (Å²) >= 11 is 1.29. The number of amidine groups is 2. The lowest BCUT2D eigenvalue weighted by Crippen LogP contribution is -2.35. The van der Waals surface area contributed by atoms with Crippen LogP contribution < -0.4 is 9.47 Å². The number of benzene rings is 2. The Balaban J connectivity index is 1.35. The van der Waals surface area contributed by atoms with Crippen molar-refractivity contribution in [2.24, 2.45) is 10.1 Å². The molecule has 0 saturated carbocycles. The number of hydrogen-bond acceptors (Lipinski definition) is 6. The molecule has 0 aromatic heterocycles. The Kier molecular flexibility index (Phi) is 5.90. The van der Waals surface area contributed by atoms with Crippen molar-refractivity contribution in [2.45, 2.75) is 20.8 Å². The summed E-state index contributed by atoms with van der Waals surface area (Å²) in [6, 6.07) is 13.4. The monoisotopic (exact) mass is 434 g/mol. The fourth-order valence-electron chi connectivity index (χ4n) is 3.25. The molecular formula is C23H22N4O3S. The maximum atomic E-state index is 12.3. The molecule has 0 radical (unpaired) electrons. The van der Waals surface area contributed by atoms with Crippen LogP contribution >= 0.6 is 11.8 Å². The second-order valence-corrected chi connectivity index (χ2v) is 8.39. The van der Waals surface area contributed by atoms with E-state index in [1.54, 1.807) is 6.08 Å². The summed E-state index contributed by atoms with van der Waals surface area (Å²) < 4.78 is 11.5. The van der Waals surface area contributed by atoms with E-state index in [1.807, 2.05) is 57.2 Å². The zero-order valence-electron chi connectivity index (χ0n) is 17.5. The number of aliphatic imine (C=N–C) groups is 1. The first kappa shape index (κ1) is 20.9. The maximum Gasteiger partial charge on any atom is 0.283 e. The Hall–Kier alpha value is -3.39. The van der Waals surface area contributed by atoms with Crippen LogP contribution in [0.25, 0.3) is 6.08 Å². The van der Waals surface area contributed by atoms with Gasteiger partial charge in [-0.25, -0.2) is 0 Å². The van der Waals surface area contributed by atoms with E-state index in [2.05, 4.69) is 16.2 Å². The van der Waals surface area contributed by atoms with E-state index in [-0.39, 0.29) is 11.4 Å². The molecule has 1 amide bonds. The predicted molar refractivity (Wildman–Crippen MR) is 124 cm³/mol. The summed E-state index contributed by atoms with van der Waals surface area (Å²) in [5.41, 5.74) is 3.31. The van der Waals surface area contributed by atoms with Crippen LogP contribution in [-0.4, -0.2) is 40.2 Å². The van der Waals surface area contributed by atoms with Crippen molar-refractivity contribution < 1.29 is 14.3 Å². The fraction of sp³-hybridized carbons (Fsp3) is 0.217. The number of nitrogens with one attached hydrogen (secondary N) is 1. The third-order valence-electron chi connectivity index (χ3n) is 4.56.